The molecule has 0 spiro atoms. The van der Waals surface area contributed by atoms with Crippen LogP contribution in [0.25, 0.3) is 0 Å². The molecule has 3 atom stereocenters. The quantitative estimate of drug-likeness (QED) is 0.891. The second-order valence-corrected chi connectivity index (χ2v) is 5.96. The maximum Gasteiger partial charge on any atom is 0.241 e. The lowest BCUT2D eigenvalue weighted by molar-refractivity contribution is -0.121. The van der Waals surface area contributed by atoms with E-state index in [4.69, 9.17) is 5.26 Å². The monoisotopic (exact) mass is 301 g/mol. The minimum atomic E-state index is -0.350. The number of likely N-dealkylation sites (tertiary alicyclic amines) is 1. The van der Waals surface area contributed by atoms with Gasteiger partial charge in [-0.2, -0.15) is 5.26 Å². The zero-order valence-corrected chi connectivity index (χ0v) is 13.1. The highest BCUT2D eigenvalue weighted by molar-refractivity contribution is 5.95. The Bertz CT molecular complexity index is 565. The first kappa shape index (κ1) is 16.5. The van der Waals surface area contributed by atoms with Crippen molar-refractivity contribution in [2.45, 2.75) is 38.8 Å². The number of hydrogen-bond donors (Lipinski definition) is 2. The number of benzene rings is 1. The van der Waals surface area contributed by atoms with Crippen molar-refractivity contribution in [3.63, 3.8) is 0 Å². The first-order chi connectivity index (χ1) is 10.5. The van der Waals surface area contributed by atoms with Gasteiger partial charge in [0.1, 0.15) is 6.07 Å². The average molecular weight is 301 g/mol. The summed E-state index contributed by atoms with van der Waals surface area (Å²) in [7, 11) is 0. The maximum atomic E-state index is 12.4. The number of piperidine rings is 1. The summed E-state index contributed by atoms with van der Waals surface area (Å²) >= 11 is 0. The van der Waals surface area contributed by atoms with Gasteiger partial charge in [-0.15, -0.1) is 0 Å². The molecule has 0 saturated carbocycles. The van der Waals surface area contributed by atoms with Crippen molar-refractivity contribution < 1.29 is 9.90 Å². The number of aliphatic hydroxyl groups is 1. The van der Waals surface area contributed by atoms with Crippen molar-refractivity contribution in [3.8, 4) is 6.07 Å². The number of anilines is 1. The molecule has 0 aliphatic carbocycles. The van der Waals surface area contributed by atoms with Crippen LogP contribution < -0.4 is 5.32 Å². The second kappa shape index (κ2) is 7.39. The number of hydrogen-bond acceptors (Lipinski definition) is 4. The topological polar surface area (TPSA) is 76.4 Å². The van der Waals surface area contributed by atoms with E-state index in [0.717, 1.165) is 25.9 Å². The van der Waals surface area contributed by atoms with Crippen LogP contribution in [-0.2, 0) is 4.79 Å². The summed E-state index contributed by atoms with van der Waals surface area (Å²) in [4.78, 5) is 14.5. The van der Waals surface area contributed by atoms with Crippen LogP contribution in [0.4, 0.5) is 5.69 Å². The maximum absolute atomic E-state index is 12.4. The lowest BCUT2D eigenvalue weighted by Crippen LogP contribution is -2.48. The van der Waals surface area contributed by atoms with Crippen LogP contribution in [0.1, 0.15) is 32.3 Å². The van der Waals surface area contributed by atoms with Crippen molar-refractivity contribution in [2.24, 2.45) is 5.92 Å². The summed E-state index contributed by atoms with van der Waals surface area (Å²) in [6.45, 7) is 5.26. The van der Waals surface area contributed by atoms with E-state index in [1.807, 2.05) is 13.8 Å². The Hall–Kier alpha value is -1.90. The van der Waals surface area contributed by atoms with Crippen molar-refractivity contribution >= 4 is 11.6 Å². The lowest BCUT2D eigenvalue weighted by atomic mass is 9.92. The molecule has 0 bridgehead atoms. The Morgan fingerprint density at radius 2 is 2.18 bits per heavy atom. The SMILES string of the molecule is CC(O)C1CCCN(C(C)C(=O)Nc2ccccc2C#N)C1. The lowest BCUT2D eigenvalue weighted by Gasteiger charge is -2.37. The first-order valence-corrected chi connectivity index (χ1v) is 7.75. The number of nitrogens with zero attached hydrogens (tertiary/aromatic N) is 2. The third kappa shape index (κ3) is 3.85. The van der Waals surface area contributed by atoms with Crippen molar-refractivity contribution in [2.75, 3.05) is 18.4 Å². The van der Waals surface area contributed by atoms with Crippen LogP contribution in [0.15, 0.2) is 24.3 Å². The molecule has 5 nitrogen and oxygen atoms in total. The molecule has 118 valence electrons. The van der Waals surface area contributed by atoms with Gasteiger partial charge in [0, 0.05) is 6.54 Å². The predicted molar refractivity (Wildman–Crippen MR) is 85.2 cm³/mol. The fraction of sp³-hybridized carbons (Fsp3) is 0.529. The summed E-state index contributed by atoms with van der Waals surface area (Å²) in [6, 6.07) is 8.79. The number of carbonyl (C=O) groups excluding carboxylic acids is 1. The molecule has 1 saturated heterocycles. The summed E-state index contributed by atoms with van der Waals surface area (Å²) in [6.07, 6.45) is 1.64. The van der Waals surface area contributed by atoms with E-state index in [2.05, 4.69) is 16.3 Å². The summed E-state index contributed by atoms with van der Waals surface area (Å²) < 4.78 is 0. The van der Waals surface area contributed by atoms with Crippen molar-refractivity contribution in [1.29, 1.82) is 5.26 Å². The van der Waals surface area contributed by atoms with Crippen LogP contribution in [-0.4, -0.2) is 41.1 Å². The molecule has 1 aliphatic heterocycles. The van der Waals surface area contributed by atoms with Crippen LogP contribution >= 0.6 is 0 Å². The van der Waals surface area contributed by atoms with Gasteiger partial charge in [0.05, 0.1) is 23.4 Å². The molecule has 1 aliphatic rings. The molecule has 1 aromatic rings. The van der Waals surface area contributed by atoms with Gasteiger partial charge < -0.3 is 10.4 Å². The molecule has 3 unspecified atom stereocenters. The number of aliphatic hydroxyl groups excluding tert-OH is 1. The van der Waals surface area contributed by atoms with E-state index in [-0.39, 0.29) is 24.0 Å². The Balaban J connectivity index is 2.01. The highest BCUT2D eigenvalue weighted by Gasteiger charge is 2.29. The largest absolute Gasteiger partial charge is 0.393 e. The second-order valence-electron chi connectivity index (χ2n) is 5.96. The molecule has 5 heteroatoms. The van der Waals surface area contributed by atoms with Crippen LogP contribution in [0, 0.1) is 17.2 Å². The normalized spacial score (nSPS) is 21.6. The summed E-state index contributed by atoms with van der Waals surface area (Å²) in [5.41, 5.74) is 1.01. The van der Waals surface area contributed by atoms with Gasteiger partial charge in [0.15, 0.2) is 0 Å². The number of para-hydroxylation sites is 1. The molecule has 1 aromatic carbocycles. The smallest absolute Gasteiger partial charge is 0.241 e. The molecule has 0 radical (unpaired) electrons. The third-order valence-electron chi connectivity index (χ3n) is 4.40. The van der Waals surface area contributed by atoms with Gasteiger partial charge in [-0.1, -0.05) is 12.1 Å². The standard InChI is InChI=1S/C17H23N3O2/c1-12(20-9-5-7-15(11-20)13(2)21)17(22)19-16-8-4-3-6-14(16)10-18/h3-4,6,8,12-13,15,21H,5,7,9,11H2,1-2H3,(H,19,22). The van der Waals surface area contributed by atoms with Crippen molar-refractivity contribution in [1.82, 2.24) is 4.90 Å². The number of nitriles is 1. The zero-order valence-electron chi connectivity index (χ0n) is 13.1. The third-order valence-corrected chi connectivity index (χ3v) is 4.40. The first-order valence-electron chi connectivity index (χ1n) is 7.75. The average Bonchev–Trinajstić information content (AvgIpc) is 2.54. The Morgan fingerprint density at radius 3 is 2.86 bits per heavy atom. The Morgan fingerprint density at radius 1 is 1.45 bits per heavy atom. The molecular formula is C17H23N3O2. The number of nitrogens with one attached hydrogen (secondary N) is 1. The molecule has 22 heavy (non-hydrogen) atoms. The summed E-state index contributed by atoms with van der Waals surface area (Å²) in [5, 5.41) is 21.7. The molecule has 2 N–H and O–H groups in total. The minimum absolute atomic E-state index is 0.117. The predicted octanol–water partition coefficient (Wildman–Crippen LogP) is 1.98. The van der Waals surface area contributed by atoms with E-state index in [1.54, 1.807) is 24.3 Å². The van der Waals surface area contributed by atoms with Crippen molar-refractivity contribution in [3.05, 3.63) is 29.8 Å². The Labute approximate surface area is 131 Å². The van der Waals surface area contributed by atoms with Gasteiger partial charge in [-0.3, -0.25) is 9.69 Å². The fourth-order valence-electron chi connectivity index (χ4n) is 2.88. The zero-order chi connectivity index (χ0) is 16.1. The minimum Gasteiger partial charge on any atom is -0.393 e. The highest BCUT2D eigenvalue weighted by Crippen LogP contribution is 2.22. The van der Waals surface area contributed by atoms with E-state index in [9.17, 15) is 9.90 Å². The molecular weight excluding hydrogens is 278 g/mol. The number of amides is 1. The van der Waals surface area contributed by atoms with E-state index in [1.165, 1.54) is 0 Å². The fourth-order valence-corrected chi connectivity index (χ4v) is 2.88. The molecule has 1 fully saturated rings. The van der Waals surface area contributed by atoms with Crippen LogP contribution in [0.3, 0.4) is 0 Å². The molecule has 1 heterocycles. The summed E-state index contributed by atoms with van der Waals surface area (Å²) in [5.74, 6) is 0.101. The van der Waals surface area contributed by atoms with Crippen LogP contribution in [0.2, 0.25) is 0 Å². The van der Waals surface area contributed by atoms with Gasteiger partial charge in [-0.05, 0) is 51.3 Å². The Kier molecular flexibility index (Phi) is 5.53. The van der Waals surface area contributed by atoms with Crippen LogP contribution in [0.5, 0.6) is 0 Å². The number of carbonyl (C=O) groups is 1. The van der Waals surface area contributed by atoms with Gasteiger partial charge in [-0.25, -0.2) is 0 Å². The highest BCUT2D eigenvalue weighted by atomic mass is 16.3. The van der Waals surface area contributed by atoms with Gasteiger partial charge >= 0.3 is 0 Å². The van der Waals surface area contributed by atoms with E-state index in [0.29, 0.717) is 11.3 Å². The van der Waals surface area contributed by atoms with Gasteiger partial charge in [0.2, 0.25) is 5.91 Å². The van der Waals surface area contributed by atoms with E-state index >= 15 is 0 Å². The van der Waals surface area contributed by atoms with E-state index < -0.39 is 0 Å². The van der Waals surface area contributed by atoms with Gasteiger partial charge in [0.25, 0.3) is 0 Å². The number of rotatable bonds is 4. The molecule has 1 amide bonds. The molecule has 0 aromatic heterocycles. The molecule has 2 rings (SSSR count).